The maximum absolute atomic E-state index is 10.4. The zero-order valence-corrected chi connectivity index (χ0v) is 10.3. The first-order valence-electron chi connectivity index (χ1n) is 5.35. The highest BCUT2D eigenvalue weighted by atomic mass is 16.5. The van der Waals surface area contributed by atoms with Crippen molar-refractivity contribution in [2.45, 2.75) is 6.92 Å². The van der Waals surface area contributed by atoms with Gasteiger partial charge in [0.2, 0.25) is 11.9 Å². The molecule has 1 aromatic heterocycles. The van der Waals surface area contributed by atoms with Crippen LogP contribution in [0.3, 0.4) is 0 Å². The number of nitrogens with zero attached hydrogens (tertiary/aromatic N) is 3. The van der Waals surface area contributed by atoms with Crippen LogP contribution in [-0.4, -0.2) is 47.9 Å². The van der Waals surface area contributed by atoms with E-state index in [-0.39, 0.29) is 12.6 Å². The summed E-state index contributed by atoms with van der Waals surface area (Å²) in [4.78, 5) is 22.4. The second kappa shape index (κ2) is 7.09. The normalized spacial score (nSPS) is 9.67. The lowest BCUT2D eigenvalue weighted by Gasteiger charge is -2.08. The number of carbonyl (C=O) groups is 1. The maximum Gasteiger partial charge on any atom is 0.404 e. The first-order valence-corrected chi connectivity index (χ1v) is 5.35. The molecule has 0 unspecified atom stereocenters. The van der Waals surface area contributed by atoms with Crippen LogP contribution in [0.4, 0.5) is 16.7 Å². The fraction of sp³-hybridized carbons (Fsp3) is 0.556. The van der Waals surface area contributed by atoms with Crippen molar-refractivity contribution in [2.75, 3.05) is 37.4 Å². The van der Waals surface area contributed by atoms with E-state index in [9.17, 15) is 4.79 Å². The van der Waals surface area contributed by atoms with E-state index in [0.717, 1.165) is 0 Å². The molecular formula is C9H16N6O3. The van der Waals surface area contributed by atoms with Crippen LogP contribution in [0.5, 0.6) is 6.01 Å². The Kier molecular flexibility index (Phi) is 5.42. The molecule has 0 fully saturated rings. The third-order valence-electron chi connectivity index (χ3n) is 1.76. The van der Waals surface area contributed by atoms with Crippen LogP contribution < -0.4 is 21.1 Å². The topological polar surface area (TPSA) is 124 Å². The van der Waals surface area contributed by atoms with Crippen LogP contribution in [0.1, 0.15) is 6.92 Å². The summed E-state index contributed by atoms with van der Waals surface area (Å²) in [6.07, 6.45) is -0.821. The van der Waals surface area contributed by atoms with Gasteiger partial charge >= 0.3 is 12.1 Å². The van der Waals surface area contributed by atoms with Gasteiger partial charge in [-0.15, -0.1) is 0 Å². The predicted molar refractivity (Wildman–Crippen MR) is 64.6 cm³/mol. The lowest BCUT2D eigenvalue weighted by atomic mass is 10.6. The molecule has 0 saturated heterocycles. The number of nitrogens with one attached hydrogen (secondary N) is 2. The molecule has 1 aromatic rings. The van der Waals surface area contributed by atoms with Gasteiger partial charge in [-0.2, -0.15) is 15.0 Å². The summed E-state index contributed by atoms with van der Waals surface area (Å²) in [5.41, 5.74) is 4.82. The summed E-state index contributed by atoms with van der Waals surface area (Å²) in [7, 11) is 1.46. The standard InChI is InChI=1S/C9H16N6O3/c1-3-11-7-13-8(15-9(14-7)17-2)12-4-5-18-6(10)16/h3-5H2,1-2H3,(H2,10,16)(H2,11,12,13,14,15). The van der Waals surface area contributed by atoms with E-state index in [1.54, 1.807) is 0 Å². The molecule has 0 saturated carbocycles. The first-order chi connectivity index (χ1) is 8.65. The Morgan fingerprint density at radius 3 is 2.50 bits per heavy atom. The van der Waals surface area contributed by atoms with E-state index in [4.69, 9.17) is 10.5 Å². The number of ether oxygens (including phenoxy) is 2. The number of rotatable bonds is 7. The minimum atomic E-state index is -0.821. The number of methoxy groups -OCH3 is 1. The predicted octanol–water partition coefficient (Wildman–Crippen LogP) is -0.181. The highest BCUT2D eigenvalue weighted by Gasteiger charge is 2.05. The molecule has 0 bridgehead atoms. The molecule has 1 rings (SSSR count). The van der Waals surface area contributed by atoms with E-state index in [0.29, 0.717) is 25.0 Å². The molecule has 0 aliphatic heterocycles. The molecule has 4 N–H and O–H groups in total. The fourth-order valence-corrected chi connectivity index (χ4v) is 1.08. The van der Waals surface area contributed by atoms with Gasteiger partial charge in [0.05, 0.1) is 13.7 Å². The largest absolute Gasteiger partial charge is 0.467 e. The zero-order chi connectivity index (χ0) is 13.4. The molecular weight excluding hydrogens is 240 g/mol. The molecule has 9 heteroatoms. The number of nitrogens with two attached hydrogens (primary N) is 1. The molecule has 0 aliphatic rings. The first kappa shape index (κ1) is 13.7. The van der Waals surface area contributed by atoms with Gasteiger partial charge < -0.3 is 25.8 Å². The second-order valence-corrected chi connectivity index (χ2v) is 3.09. The van der Waals surface area contributed by atoms with E-state index >= 15 is 0 Å². The summed E-state index contributed by atoms with van der Waals surface area (Å²) >= 11 is 0. The quantitative estimate of drug-likeness (QED) is 0.574. The van der Waals surface area contributed by atoms with Crippen molar-refractivity contribution in [1.82, 2.24) is 15.0 Å². The Labute approximate surface area is 104 Å². The molecule has 0 radical (unpaired) electrons. The Morgan fingerprint density at radius 1 is 1.28 bits per heavy atom. The summed E-state index contributed by atoms with van der Waals surface area (Å²) in [5.74, 6) is 0.730. The van der Waals surface area contributed by atoms with Gasteiger partial charge in [-0.3, -0.25) is 0 Å². The lowest BCUT2D eigenvalue weighted by molar-refractivity contribution is 0.161. The van der Waals surface area contributed by atoms with E-state index in [1.165, 1.54) is 7.11 Å². The third kappa shape index (κ3) is 4.68. The molecule has 0 atom stereocenters. The SMILES string of the molecule is CCNc1nc(NCCOC(N)=O)nc(OC)n1. The maximum atomic E-state index is 10.4. The molecule has 100 valence electrons. The van der Waals surface area contributed by atoms with Crippen molar-refractivity contribution in [2.24, 2.45) is 5.73 Å². The molecule has 0 aromatic carbocycles. The minimum Gasteiger partial charge on any atom is -0.467 e. The van der Waals surface area contributed by atoms with Crippen LogP contribution in [0.15, 0.2) is 0 Å². The van der Waals surface area contributed by atoms with E-state index in [2.05, 4.69) is 30.3 Å². The van der Waals surface area contributed by atoms with Crippen molar-refractivity contribution < 1.29 is 14.3 Å². The highest BCUT2D eigenvalue weighted by Crippen LogP contribution is 2.09. The van der Waals surface area contributed by atoms with Crippen molar-refractivity contribution in [3.8, 4) is 6.01 Å². The average molecular weight is 256 g/mol. The second-order valence-electron chi connectivity index (χ2n) is 3.09. The third-order valence-corrected chi connectivity index (χ3v) is 1.76. The molecule has 0 aliphatic carbocycles. The average Bonchev–Trinajstić information content (AvgIpc) is 2.34. The van der Waals surface area contributed by atoms with E-state index in [1.807, 2.05) is 6.92 Å². The number of anilines is 2. The Balaban J connectivity index is 2.57. The summed E-state index contributed by atoms with van der Waals surface area (Å²) < 4.78 is 9.49. The van der Waals surface area contributed by atoms with Crippen LogP contribution in [0.25, 0.3) is 0 Å². The fourth-order valence-electron chi connectivity index (χ4n) is 1.08. The number of carbonyl (C=O) groups excluding carboxylic acids is 1. The van der Waals surface area contributed by atoms with Crippen LogP contribution in [-0.2, 0) is 4.74 Å². The highest BCUT2D eigenvalue weighted by molar-refractivity contribution is 5.64. The van der Waals surface area contributed by atoms with Gasteiger partial charge in [-0.25, -0.2) is 4.79 Å². The van der Waals surface area contributed by atoms with Gasteiger partial charge in [-0.1, -0.05) is 0 Å². The Bertz CT molecular complexity index is 400. The lowest BCUT2D eigenvalue weighted by Crippen LogP contribution is -2.19. The Morgan fingerprint density at radius 2 is 1.94 bits per heavy atom. The number of amides is 1. The summed E-state index contributed by atoms with van der Waals surface area (Å²) in [5, 5.41) is 5.80. The molecule has 1 heterocycles. The number of aromatic nitrogens is 3. The van der Waals surface area contributed by atoms with Crippen molar-refractivity contribution in [3.63, 3.8) is 0 Å². The molecule has 1 amide bonds. The van der Waals surface area contributed by atoms with Gasteiger partial charge in [0, 0.05) is 6.54 Å². The van der Waals surface area contributed by atoms with Crippen molar-refractivity contribution >= 4 is 18.0 Å². The zero-order valence-electron chi connectivity index (χ0n) is 10.3. The van der Waals surface area contributed by atoms with Crippen LogP contribution in [0, 0.1) is 0 Å². The number of primary amides is 1. The molecule has 0 spiro atoms. The minimum absolute atomic E-state index is 0.125. The van der Waals surface area contributed by atoms with Gasteiger partial charge in [0.15, 0.2) is 0 Å². The molecule has 18 heavy (non-hydrogen) atoms. The monoisotopic (exact) mass is 256 g/mol. The van der Waals surface area contributed by atoms with Crippen molar-refractivity contribution in [1.29, 1.82) is 0 Å². The number of hydrogen-bond acceptors (Lipinski definition) is 8. The summed E-state index contributed by atoms with van der Waals surface area (Å²) in [6, 6.07) is 0.194. The smallest absolute Gasteiger partial charge is 0.404 e. The van der Waals surface area contributed by atoms with Gasteiger partial charge in [-0.05, 0) is 6.92 Å². The van der Waals surface area contributed by atoms with Crippen LogP contribution >= 0.6 is 0 Å². The van der Waals surface area contributed by atoms with E-state index < -0.39 is 6.09 Å². The summed E-state index contributed by atoms with van der Waals surface area (Å²) in [6.45, 7) is 3.06. The molecule has 9 nitrogen and oxygen atoms in total. The van der Waals surface area contributed by atoms with Gasteiger partial charge in [0.25, 0.3) is 0 Å². The number of hydrogen-bond donors (Lipinski definition) is 3. The Hall–Kier alpha value is -2.32. The van der Waals surface area contributed by atoms with Gasteiger partial charge in [0.1, 0.15) is 6.61 Å². The van der Waals surface area contributed by atoms with Crippen LogP contribution in [0.2, 0.25) is 0 Å². The van der Waals surface area contributed by atoms with Crippen molar-refractivity contribution in [3.05, 3.63) is 0 Å².